The van der Waals surface area contributed by atoms with Crippen LogP contribution in [0.2, 0.25) is 0 Å². The molecule has 10 atom stereocenters. The minimum atomic E-state index is -2.34. The number of hydrogen-bond donors (Lipinski definition) is 1. The summed E-state index contributed by atoms with van der Waals surface area (Å²) in [5.74, 6) is -4.19. The third-order valence-electron chi connectivity index (χ3n) is 10.5. The molecule has 0 amide bonds. The zero-order valence-electron chi connectivity index (χ0n) is 22.8. The molecule has 1 N–H and O–H groups in total. The molecule has 0 radical (unpaired) electrons. The van der Waals surface area contributed by atoms with E-state index in [1.165, 1.54) is 25.1 Å². The molecule has 0 spiro atoms. The number of fused-ring (bicyclic) bond motifs is 5. The Hall–Kier alpha value is -2.44. The number of aromatic nitrogens is 1. The first-order valence-electron chi connectivity index (χ1n) is 13.8. The van der Waals surface area contributed by atoms with Gasteiger partial charge in [0, 0.05) is 34.5 Å². The molecule has 4 aliphatic carbocycles. The van der Waals surface area contributed by atoms with Crippen LogP contribution in [0.3, 0.4) is 0 Å². The lowest BCUT2D eigenvalue weighted by Crippen LogP contribution is -2.70. The highest BCUT2D eigenvalue weighted by Crippen LogP contribution is 2.72. The van der Waals surface area contributed by atoms with Gasteiger partial charge in [-0.15, -0.1) is 0 Å². The molecule has 0 bridgehead atoms. The van der Waals surface area contributed by atoms with E-state index in [1.807, 2.05) is 0 Å². The lowest BCUT2D eigenvalue weighted by molar-refractivity contribution is -0.221. The molecule has 0 unspecified atom stereocenters. The first kappa shape index (κ1) is 28.7. The van der Waals surface area contributed by atoms with Gasteiger partial charge < -0.3 is 14.6 Å². The molecule has 6 rings (SSSR count). The van der Waals surface area contributed by atoms with Crippen molar-refractivity contribution in [1.82, 2.24) is 4.37 Å². The van der Waals surface area contributed by atoms with Gasteiger partial charge in [-0.1, -0.05) is 31.7 Å². The predicted octanol–water partition coefficient (Wildman–Crippen LogP) is 4.18. The fraction of sp³-hybridized carbons (Fsp3) is 0.621. The van der Waals surface area contributed by atoms with Crippen molar-refractivity contribution in [2.24, 2.45) is 28.6 Å². The smallest absolute Gasteiger partial charge is 0.359 e. The molecular formula is C29H31F2NO7S2. The van der Waals surface area contributed by atoms with Crippen molar-refractivity contribution in [1.29, 1.82) is 0 Å². The molecule has 1 saturated heterocycles. The molecule has 3 saturated carbocycles. The van der Waals surface area contributed by atoms with E-state index in [1.54, 1.807) is 19.2 Å². The molecule has 1 aromatic heterocycles. The molecule has 2 heterocycles. The lowest BCUT2D eigenvalue weighted by Gasteiger charge is -2.63. The van der Waals surface area contributed by atoms with Crippen LogP contribution in [0.4, 0.5) is 8.78 Å². The van der Waals surface area contributed by atoms with Crippen molar-refractivity contribution < 1.29 is 42.5 Å². The number of allylic oxidation sites excluding steroid dienone is 4. The van der Waals surface area contributed by atoms with E-state index < -0.39 is 80.2 Å². The zero-order chi connectivity index (χ0) is 29.5. The summed E-state index contributed by atoms with van der Waals surface area (Å²) >= 11 is 1.78. The number of esters is 2. The Morgan fingerprint density at radius 3 is 2.66 bits per heavy atom. The molecule has 5 aliphatic rings. The minimum Gasteiger partial charge on any atom is -0.465 e. The summed E-state index contributed by atoms with van der Waals surface area (Å²) in [5.41, 5.74) is -7.09. The van der Waals surface area contributed by atoms with Crippen LogP contribution in [0, 0.1) is 28.6 Å². The molecule has 1 aromatic rings. The van der Waals surface area contributed by atoms with Crippen molar-refractivity contribution in [3.63, 3.8) is 0 Å². The first-order chi connectivity index (χ1) is 19.3. The second-order valence-corrected chi connectivity index (χ2v) is 14.2. The number of aliphatic hydroxyl groups is 1. The van der Waals surface area contributed by atoms with Crippen LogP contribution in [0.25, 0.3) is 0 Å². The Balaban J connectivity index is 1.46. The van der Waals surface area contributed by atoms with Crippen molar-refractivity contribution in [3.8, 4) is 0 Å². The average molecular weight is 608 g/mol. The summed E-state index contributed by atoms with van der Waals surface area (Å²) in [5, 5.41) is 11.9. The summed E-state index contributed by atoms with van der Waals surface area (Å²) in [7, 11) is 0. The molecule has 8 nitrogen and oxygen atoms in total. The van der Waals surface area contributed by atoms with Crippen LogP contribution < -0.4 is 0 Å². The van der Waals surface area contributed by atoms with Crippen molar-refractivity contribution >= 4 is 46.1 Å². The largest absolute Gasteiger partial charge is 0.465 e. The van der Waals surface area contributed by atoms with E-state index >= 15 is 8.78 Å². The maximum Gasteiger partial charge on any atom is 0.359 e. The highest BCUT2D eigenvalue weighted by atomic mass is 32.2. The van der Waals surface area contributed by atoms with Gasteiger partial charge in [-0.05, 0) is 67.4 Å². The number of alkyl halides is 2. The second-order valence-electron chi connectivity index (χ2n) is 12.4. The van der Waals surface area contributed by atoms with Crippen LogP contribution in [0.15, 0.2) is 35.2 Å². The van der Waals surface area contributed by atoms with Crippen LogP contribution in [-0.4, -0.2) is 67.7 Å². The van der Waals surface area contributed by atoms with Gasteiger partial charge in [0.25, 0.3) is 0 Å². The Labute approximate surface area is 244 Å². The third kappa shape index (κ3) is 3.75. The topological polar surface area (TPSA) is 120 Å². The Bertz CT molecular complexity index is 1380. The summed E-state index contributed by atoms with van der Waals surface area (Å²) in [6.07, 6.45) is 0.340. The quantitative estimate of drug-likeness (QED) is 0.503. The van der Waals surface area contributed by atoms with E-state index in [-0.39, 0.29) is 37.1 Å². The molecule has 220 valence electrons. The van der Waals surface area contributed by atoms with Crippen LogP contribution in [0.1, 0.15) is 56.9 Å². The normalized spacial score (nSPS) is 44.9. The van der Waals surface area contributed by atoms with Crippen LogP contribution in [0.5, 0.6) is 0 Å². The van der Waals surface area contributed by atoms with Gasteiger partial charge >= 0.3 is 11.9 Å². The van der Waals surface area contributed by atoms with Gasteiger partial charge in [0.15, 0.2) is 22.7 Å². The van der Waals surface area contributed by atoms with Gasteiger partial charge in [-0.3, -0.25) is 14.4 Å². The monoisotopic (exact) mass is 607 g/mol. The fourth-order valence-corrected chi connectivity index (χ4v) is 10.3. The highest BCUT2D eigenvalue weighted by molar-refractivity contribution is 8.14. The maximum atomic E-state index is 17.6. The predicted molar refractivity (Wildman–Crippen MR) is 145 cm³/mol. The number of ketones is 1. The molecular weight excluding hydrogens is 576 g/mol. The fourth-order valence-electron chi connectivity index (χ4n) is 8.54. The van der Waals surface area contributed by atoms with Gasteiger partial charge in [-0.2, -0.15) is 4.37 Å². The number of thioether (sulfide) groups is 1. The van der Waals surface area contributed by atoms with E-state index in [0.29, 0.717) is 6.42 Å². The van der Waals surface area contributed by atoms with Crippen molar-refractivity contribution in [2.75, 3.05) is 6.61 Å². The number of hydrogen-bond acceptors (Lipinski definition) is 10. The maximum absolute atomic E-state index is 17.6. The van der Waals surface area contributed by atoms with Gasteiger partial charge in [0.1, 0.15) is 11.4 Å². The van der Waals surface area contributed by atoms with E-state index in [9.17, 15) is 24.3 Å². The number of aliphatic hydroxyl groups excluding tert-OH is 1. The molecule has 41 heavy (non-hydrogen) atoms. The molecule has 4 fully saturated rings. The number of cyclic esters (lactones) is 1. The number of nitrogens with zero attached hydrogens (tertiary/aromatic N) is 1. The number of ether oxygens (including phenoxy) is 2. The molecule has 1 aliphatic heterocycles. The van der Waals surface area contributed by atoms with E-state index in [2.05, 4.69) is 4.37 Å². The van der Waals surface area contributed by atoms with Gasteiger partial charge in [0.2, 0.25) is 5.12 Å². The molecule has 12 heteroatoms. The summed E-state index contributed by atoms with van der Waals surface area (Å²) in [6, 6.07) is 1.47. The van der Waals surface area contributed by atoms with Crippen LogP contribution in [-0.2, 0) is 23.9 Å². The second kappa shape index (κ2) is 9.54. The van der Waals surface area contributed by atoms with Crippen molar-refractivity contribution in [2.45, 2.75) is 75.2 Å². The number of carbonyl (C=O) groups is 4. The Morgan fingerprint density at radius 1 is 1.24 bits per heavy atom. The Morgan fingerprint density at radius 2 is 2.00 bits per heavy atom. The van der Waals surface area contributed by atoms with Gasteiger partial charge in [-0.25, -0.2) is 13.6 Å². The number of carbonyl (C=O) groups excluding carboxylic acids is 4. The molecule has 0 aromatic carbocycles. The summed E-state index contributed by atoms with van der Waals surface area (Å²) in [4.78, 5) is 52.2. The standard InChI is InChI=1S/C29H31F2NO7S2/c1-14-10-16-17-12-19(30)18-11-15(33)4-7-26(18,2)28(17,31)22(34)13-27(16,3)29(14,39-23(35)20-6-9-40-32-20)25(37)41-21-5-8-38-24(21)36/h4,6-7,9,11,14,16-17,19,21-22,34H,5,8,10,12-13H2,1-3H3/t14-,16+,17+,19+,21+,22+,26+,27+,28+,29+/m1/s1. The summed E-state index contributed by atoms with van der Waals surface area (Å²) < 4.78 is 48.7. The number of rotatable bonds is 4. The third-order valence-corrected chi connectivity index (χ3v) is 12.3. The van der Waals surface area contributed by atoms with E-state index in [4.69, 9.17) is 9.47 Å². The average Bonchev–Trinajstić information content (AvgIpc) is 3.64. The zero-order valence-corrected chi connectivity index (χ0v) is 24.4. The minimum absolute atomic E-state index is 0.00341. The van der Waals surface area contributed by atoms with E-state index in [0.717, 1.165) is 29.4 Å². The highest BCUT2D eigenvalue weighted by Gasteiger charge is 2.78. The lowest BCUT2D eigenvalue weighted by atomic mass is 9.44. The van der Waals surface area contributed by atoms with Gasteiger partial charge in [0.05, 0.1) is 12.7 Å². The number of halogens is 2. The van der Waals surface area contributed by atoms with Crippen LogP contribution >= 0.6 is 23.3 Å². The Kier molecular flexibility index (Phi) is 6.67. The van der Waals surface area contributed by atoms with Crippen molar-refractivity contribution in [3.05, 3.63) is 40.9 Å². The summed E-state index contributed by atoms with van der Waals surface area (Å²) in [6.45, 7) is 5.10. The SMILES string of the molecule is C[C@@H]1C[C@H]2[C@@H]3C[C@H](F)C4=CC(=O)C=C[C@]4(C)[C@@]3(F)[C@@H](O)C[C@]2(C)[C@@]1(OC(=O)c1ccsn1)C(=O)S[C@H]1CCOC1=O. The first-order valence-corrected chi connectivity index (χ1v) is 15.5.